The van der Waals surface area contributed by atoms with Gasteiger partial charge in [0.2, 0.25) is 6.10 Å². The summed E-state index contributed by atoms with van der Waals surface area (Å²) in [6.07, 6.45) is -0.654. The number of carbonyl (C=O) groups excluding carboxylic acids is 1. The number of hydrogen-bond donors (Lipinski definition) is 0. The van der Waals surface area contributed by atoms with Gasteiger partial charge in [0.25, 0.3) is 5.91 Å². The molecule has 26 heavy (non-hydrogen) atoms. The van der Waals surface area contributed by atoms with Gasteiger partial charge >= 0.3 is 0 Å². The molecule has 6 heteroatoms. The summed E-state index contributed by atoms with van der Waals surface area (Å²) in [5, 5.41) is 1.01. The second kappa shape index (κ2) is 7.03. The first-order valence-electron chi connectivity index (χ1n) is 8.62. The van der Waals surface area contributed by atoms with Crippen molar-refractivity contribution in [3.05, 3.63) is 54.1 Å². The molecule has 2 heterocycles. The van der Waals surface area contributed by atoms with Crippen LogP contribution in [-0.2, 0) is 4.79 Å². The van der Waals surface area contributed by atoms with Crippen LogP contribution in [0.1, 0.15) is 12.5 Å². The van der Waals surface area contributed by atoms with Gasteiger partial charge in [-0.2, -0.15) is 0 Å². The minimum absolute atomic E-state index is 0.109. The van der Waals surface area contributed by atoms with Crippen molar-refractivity contribution in [3.8, 4) is 11.5 Å². The fraction of sp³-hybridized carbons (Fsp3) is 0.300. The summed E-state index contributed by atoms with van der Waals surface area (Å²) in [5.41, 5.74) is 1.99. The van der Waals surface area contributed by atoms with Crippen molar-refractivity contribution >= 4 is 28.5 Å². The Morgan fingerprint density at radius 1 is 1.19 bits per heavy atom. The van der Waals surface area contributed by atoms with Gasteiger partial charge in [-0.3, -0.25) is 9.69 Å². The van der Waals surface area contributed by atoms with Crippen molar-refractivity contribution in [2.45, 2.75) is 25.2 Å². The Bertz CT molecular complexity index is 868. The summed E-state index contributed by atoms with van der Waals surface area (Å²) in [6, 6.07) is 15.4. The van der Waals surface area contributed by atoms with Crippen LogP contribution in [0.15, 0.2) is 53.5 Å². The lowest BCUT2D eigenvalue weighted by molar-refractivity contribution is -0.136. The second-order valence-corrected chi connectivity index (χ2v) is 7.88. The molecule has 134 valence electrons. The molecule has 2 aliphatic rings. The molecule has 2 aromatic carbocycles. The Labute approximate surface area is 157 Å². The van der Waals surface area contributed by atoms with Gasteiger partial charge in [0.05, 0.1) is 5.69 Å². The highest BCUT2D eigenvalue weighted by molar-refractivity contribution is 8.14. The van der Waals surface area contributed by atoms with Crippen LogP contribution in [0.4, 0.5) is 5.69 Å². The molecule has 2 aromatic rings. The van der Waals surface area contributed by atoms with E-state index in [0.29, 0.717) is 23.3 Å². The number of fused-ring (bicyclic) bond motifs is 1. The quantitative estimate of drug-likeness (QED) is 0.809. The van der Waals surface area contributed by atoms with E-state index in [4.69, 9.17) is 14.5 Å². The third-order valence-corrected chi connectivity index (χ3v) is 5.33. The van der Waals surface area contributed by atoms with E-state index in [0.717, 1.165) is 16.4 Å². The zero-order valence-electron chi connectivity index (χ0n) is 14.7. The number of hydrogen-bond acceptors (Lipinski definition) is 5. The van der Waals surface area contributed by atoms with Gasteiger partial charge < -0.3 is 9.47 Å². The van der Waals surface area contributed by atoms with E-state index in [1.807, 2.05) is 55.5 Å². The van der Waals surface area contributed by atoms with Crippen molar-refractivity contribution in [3.63, 3.8) is 0 Å². The molecule has 0 bridgehead atoms. The molecule has 2 aliphatic heterocycles. The molecule has 0 unspecified atom stereocenters. The van der Waals surface area contributed by atoms with Crippen molar-refractivity contribution < 1.29 is 14.3 Å². The highest BCUT2D eigenvalue weighted by atomic mass is 32.2. The smallest absolute Gasteiger partial charge is 0.273 e. The van der Waals surface area contributed by atoms with Crippen molar-refractivity contribution in [1.29, 1.82) is 0 Å². The molecule has 0 aromatic heterocycles. The molecule has 1 saturated heterocycles. The number of carbonyl (C=O) groups is 1. The molecular weight excluding hydrogens is 348 g/mol. The summed E-state index contributed by atoms with van der Waals surface area (Å²) in [7, 11) is 0. The molecule has 1 amide bonds. The monoisotopic (exact) mass is 368 g/mol. The van der Waals surface area contributed by atoms with Gasteiger partial charge in [-0.1, -0.05) is 43.0 Å². The Morgan fingerprint density at radius 3 is 2.81 bits per heavy atom. The second-order valence-electron chi connectivity index (χ2n) is 6.47. The fourth-order valence-electron chi connectivity index (χ4n) is 3.01. The standard InChI is InChI=1S/C20H20N2O3S/c1-13-6-5-7-15(10-13)21-20-22(11-14(2)26-20)19(23)18-12-24-16-8-3-4-9-17(16)25-18/h3-10,14,18H,11-12H2,1-2H3/t14-,18+/m0/s1. The van der Waals surface area contributed by atoms with E-state index in [1.165, 1.54) is 0 Å². The molecule has 2 atom stereocenters. The Kier molecular flexibility index (Phi) is 4.59. The van der Waals surface area contributed by atoms with Crippen LogP contribution in [0.2, 0.25) is 0 Å². The lowest BCUT2D eigenvalue weighted by Crippen LogP contribution is -2.47. The molecular formula is C20H20N2O3S. The number of amides is 1. The number of aryl methyl sites for hydroxylation is 1. The molecule has 0 N–H and O–H groups in total. The zero-order valence-corrected chi connectivity index (χ0v) is 15.5. The number of amidine groups is 1. The average Bonchev–Trinajstić information content (AvgIpc) is 3.01. The highest BCUT2D eigenvalue weighted by Crippen LogP contribution is 2.33. The molecule has 5 nitrogen and oxygen atoms in total. The van der Waals surface area contributed by atoms with Gasteiger partial charge in [0.1, 0.15) is 6.61 Å². The number of benzene rings is 2. The average molecular weight is 368 g/mol. The van der Waals surface area contributed by atoms with Crippen LogP contribution in [0, 0.1) is 6.92 Å². The maximum Gasteiger partial charge on any atom is 0.273 e. The normalized spacial score (nSPS) is 23.3. The molecule has 0 spiro atoms. The van der Waals surface area contributed by atoms with Crippen LogP contribution in [0.5, 0.6) is 11.5 Å². The largest absolute Gasteiger partial charge is 0.485 e. The maximum atomic E-state index is 13.1. The number of thioether (sulfide) groups is 1. The lowest BCUT2D eigenvalue weighted by Gasteiger charge is -2.28. The Morgan fingerprint density at radius 2 is 2.00 bits per heavy atom. The summed E-state index contributed by atoms with van der Waals surface area (Å²) in [5.74, 6) is 1.17. The highest BCUT2D eigenvalue weighted by Gasteiger charge is 2.37. The first-order valence-corrected chi connectivity index (χ1v) is 9.50. The summed E-state index contributed by atoms with van der Waals surface area (Å²) >= 11 is 1.61. The van der Waals surface area contributed by atoms with Crippen LogP contribution >= 0.6 is 11.8 Å². The van der Waals surface area contributed by atoms with E-state index in [1.54, 1.807) is 16.7 Å². The van der Waals surface area contributed by atoms with Gasteiger partial charge in [0.15, 0.2) is 16.7 Å². The Balaban J connectivity index is 1.56. The van der Waals surface area contributed by atoms with Gasteiger partial charge in [-0.25, -0.2) is 4.99 Å². The van der Waals surface area contributed by atoms with E-state index < -0.39 is 6.10 Å². The summed E-state index contributed by atoms with van der Waals surface area (Å²) < 4.78 is 11.6. The Hall–Kier alpha value is -2.47. The number of nitrogens with zero attached hydrogens (tertiary/aromatic N) is 2. The lowest BCUT2D eigenvalue weighted by atomic mass is 10.2. The number of aliphatic imine (C=N–C) groups is 1. The van der Waals surface area contributed by atoms with Gasteiger partial charge in [-0.15, -0.1) is 0 Å². The molecule has 0 aliphatic carbocycles. The fourth-order valence-corrected chi connectivity index (χ4v) is 4.04. The van der Waals surface area contributed by atoms with E-state index >= 15 is 0 Å². The zero-order chi connectivity index (χ0) is 18.1. The SMILES string of the molecule is Cc1cccc(N=C2S[C@@H](C)CN2C(=O)[C@H]2COc3ccccc3O2)c1. The van der Waals surface area contributed by atoms with Crippen molar-refractivity contribution in [2.75, 3.05) is 13.2 Å². The van der Waals surface area contributed by atoms with Crippen molar-refractivity contribution in [2.24, 2.45) is 4.99 Å². The first kappa shape index (κ1) is 17.0. The van der Waals surface area contributed by atoms with Crippen molar-refractivity contribution in [1.82, 2.24) is 4.90 Å². The molecule has 1 fully saturated rings. The topological polar surface area (TPSA) is 51.1 Å². The molecule has 0 radical (unpaired) electrons. The van der Waals surface area contributed by atoms with Crippen LogP contribution < -0.4 is 9.47 Å². The first-order chi connectivity index (χ1) is 12.6. The molecule has 4 rings (SSSR count). The van der Waals surface area contributed by atoms with E-state index in [2.05, 4.69) is 6.92 Å². The minimum atomic E-state index is -0.654. The van der Waals surface area contributed by atoms with Gasteiger partial charge in [-0.05, 0) is 36.8 Å². The third kappa shape index (κ3) is 3.42. The minimum Gasteiger partial charge on any atom is -0.485 e. The predicted molar refractivity (Wildman–Crippen MR) is 103 cm³/mol. The molecule has 0 saturated carbocycles. The van der Waals surface area contributed by atoms with Gasteiger partial charge in [0, 0.05) is 11.8 Å². The third-order valence-electron chi connectivity index (χ3n) is 4.25. The van der Waals surface area contributed by atoms with Crippen LogP contribution in [-0.4, -0.2) is 40.5 Å². The van der Waals surface area contributed by atoms with E-state index in [9.17, 15) is 4.79 Å². The number of para-hydroxylation sites is 2. The van der Waals surface area contributed by atoms with E-state index in [-0.39, 0.29) is 12.5 Å². The summed E-state index contributed by atoms with van der Waals surface area (Å²) in [4.78, 5) is 19.5. The predicted octanol–water partition coefficient (Wildman–Crippen LogP) is 3.79. The number of rotatable bonds is 2. The summed E-state index contributed by atoms with van der Waals surface area (Å²) in [6.45, 7) is 4.96. The van der Waals surface area contributed by atoms with Crippen LogP contribution in [0.25, 0.3) is 0 Å². The van der Waals surface area contributed by atoms with Crippen LogP contribution in [0.3, 0.4) is 0 Å². The number of ether oxygens (including phenoxy) is 2. The maximum absolute atomic E-state index is 13.1.